The first-order chi connectivity index (χ1) is 11.1. The molecule has 0 saturated carbocycles. The van der Waals surface area contributed by atoms with Crippen LogP contribution in [-0.4, -0.2) is 16.5 Å². The summed E-state index contributed by atoms with van der Waals surface area (Å²) in [6, 6.07) is 6.60. The van der Waals surface area contributed by atoms with Crippen LogP contribution in [0, 0.1) is 13.8 Å². The number of hydrogen-bond donors (Lipinski definition) is 2. The van der Waals surface area contributed by atoms with Crippen molar-refractivity contribution in [1.82, 2.24) is 9.97 Å². The van der Waals surface area contributed by atoms with Gasteiger partial charge in [-0.3, -0.25) is 4.98 Å². The fraction of sp³-hybridized carbons (Fsp3) is 0.316. The molecular weight excluding hydrogens is 350 g/mol. The van der Waals surface area contributed by atoms with Crippen molar-refractivity contribution in [3.05, 3.63) is 51.8 Å². The predicted molar refractivity (Wildman–Crippen MR) is 101 cm³/mol. The van der Waals surface area contributed by atoms with Gasteiger partial charge in [0, 0.05) is 33.3 Å². The van der Waals surface area contributed by atoms with Gasteiger partial charge in [0.1, 0.15) is 0 Å². The molecule has 0 amide bonds. The fourth-order valence-electron chi connectivity index (χ4n) is 3.29. The number of benzene rings is 1. The van der Waals surface area contributed by atoms with Crippen LogP contribution in [-0.2, 0) is 6.42 Å². The molecule has 23 heavy (non-hydrogen) atoms. The lowest BCUT2D eigenvalue weighted by Crippen LogP contribution is -1.99. The van der Waals surface area contributed by atoms with Crippen LogP contribution in [0.5, 0.6) is 0 Å². The second-order valence-electron chi connectivity index (χ2n) is 6.12. The molecule has 3 aromatic rings. The number of nitrogens with two attached hydrogens (primary N) is 1. The topological polar surface area (TPSA) is 54.7 Å². The highest BCUT2D eigenvalue weighted by Crippen LogP contribution is 2.34. The molecule has 0 radical (unpaired) electrons. The van der Waals surface area contributed by atoms with Crippen LogP contribution in [0.25, 0.3) is 22.2 Å². The average molecular weight is 372 g/mol. The highest BCUT2D eigenvalue weighted by atomic mass is 79.9. The number of halogens is 1. The minimum atomic E-state index is 0.744. The van der Waals surface area contributed by atoms with E-state index in [-0.39, 0.29) is 0 Å². The number of nitrogens with one attached hydrogen (secondary N) is 1. The van der Waals surface area contributed by atoms with Crippen molar-refractivity contribution in [3.8, 4) is 11.3 Å². The largest absolute Gasteiger partial charge is 0.354 e. The molecule has 120 valence electrons. The van der Waals surface area contributed by atoms with E-state index in [0.717, 1.165) is 35.8 Å². The van der Waals surface area contributed by atoms with Crippen LogP contribution in [0.4, 0.5) is 0 Å². The first-order valence-electron chi connectivity index (χ1n) is 8.03. The number of pyridine rings is 1. The maximum Gasteiger partial charge on any atom is 0.0513 e. The van der Waals surface area contributed by atoms with Gasteiger partial charge in [0.05, 0.1) is 5.69 Å². The molecule has 4 heteroatoms. The van der Waals surface area contributed by atoms with Gasteiger partial charge in [-0.05, 0) is 84.4 Å². The van der Waals surface area contributed by atoms with Crippen molar-refractivity contribution in [2.24, 2.45) is 5.73 Å². The number of aromatic nitrogens is 2. The average Bonchev–Trinajstić information content (AvgIpc) is 2.86. The molecule has 0 atom stereocenters. The zero-order chi connectivity index (χ0) is 16.4. The molecule has 2 aromatic heterocycles. The van der Waals surface area contributed by atoms with Crippen LogP contribution in [0.1, 0.15) is 29.5 Å². The number of H-pyrrole nitrogens is 1. The minimum Gasteiger partial charge on any atom is -0.354 e. The molecule has 0 aliphatic carbocycles. The summed E-state index contributed by atoms with van der Waals surface area (Å²) in [4.78, 5) is 7.95. The van der Waals surface area contributed by atoms with Gasteiger partial charge in [-0.15, -0.1) is 0 Å². The molecule has 0 spiro atoms. The molecule has 0 unspecified atom stereocenters. The number of unbranched alkanes of at least 4 members (excludes halogenated alkanes) is 1. The van der Waals surface area contributed by atoms with Gasteiger partial charge in [-0.2, -0.15) is 0 Å². The first-order valence-corrected chi connectivity index (χ1v) is 8.82. The van der Waals surface area contributed by atoms with Crippen LogP contribution in [0.3, 0.4) is 0 Å². The summed E-state index contributed by atoms with van der Waals surface area (Å²) in [5, 5.41) is 1.35. The third-order valence-corrected chi connectivity index (χ3v) is 4.65. The summed E-state index contributed by atoms with van der Waals surface area (Å²) in [6.45, 7) is 5.08. The second kappa shape index (κ2) is 6.85. The molecule has 0 bridgehead atoms. The summed E-state index contributed by atoms with van der Waals surface area (Å²) in [5.41, 5.74) is 13.2. The summed E-state index contributed by atoms with van der Waals surface area (Å²) in [5.74, 6) is 0. The van der Waals surface area contributed by atoms with E-state index in [1.54, 1.807) is 0 Å². The Bertz CT molecular complexity index is 836. The molecule has 3 N–H and O–H groups in total. The van der Waals surface area contributed by atoms with Gasteiger partial charge in [-0.25, -0.2) is 0 Å². The lowest BCUT2D eigenvalue weighted by Gasteiger charge is -2.07. The number of fused-ring (bicyclic) bond motifs is 1. The fourth-order valence-corrected chi connectivity index (χ4v) is 3.66. The molecule has 0 aliphatic rings. The van der Waals surface area contributed by atoms with Gasteiger partial charge in [-0.1, -0.05) is 6.07 Å². The van der Waals surface area contributed by atoms with Gasteiger partial charge < -0.3 is 10.7 Å². The van der Waals surface area contributed by atoms with Crippen molar-refractivity contribution in [3.63, 3.8) is 0 Å². The lowest BCUT2D eigenvalue weighted by atomic mass is 9.97. The van der Waals surface area contributed by atoms with Crippen LogP contribution in [0.2, 0.25) is 0 Å². The van der Waals surface area contributed by atoms with Gasteiger partial charge in [0.2, 0.25) is 0 Å². The predicted octanol–water partition coefficient (Wildman–Crippen LogP) is 4.89. The molecule has 3 nitrogen and oxygen atoms in total. The Kier molecular flexibility index (Phi) is 4.83. The van der Waals surface area contributed by atoms with Crippen molar-refractivity contribution in [2.45, 2.75) is 33.1 Å². The zero-order valence-electron chi connectivity index (χ0n) is 13.6. The molecule has 0 aliphatic heterocycles. The monoisotopic (exact) mass is 371 g/mol. The highest BCUT2D eigenvalue weighted by molar-refractivity contribution is 9.10. The normalized spacial score (nSPS) is 11.3. The lowest BCUT2D eigenvalue weighted by molar-refractivity contribution is 0.748. The molecule has 1 aromatic carbocycles. The van der Waals surface area contributed by atoms with E-state index < -0.39 is 0 Å². The second-order valence-corrected chi connectivity index (χ2v) is 7.04. The van der Waals surface area contributed by atoms with E-state index in [1.165, 1.54) is 33.3 Å². The van der Waals surface area contributed by atoms with Gasteiger partial charge >= 0.3 is 0 Å². The summed E-state index contributed by atoms with van der Waals surface area (Å²) >= 11 is 3.52. The van der Waals surface area contributed by atoms with Crippen LogP contribution < -0.4 is 5.73 Å². The van der Waals surface area contributed by atoms with E-state index in [0.29, 0.717) is 0 Å². The summed E-state index contributed by atoms with van der Waals surface area (Å²) in [6.07, 6.45) is 6.92. The number of aryl methyl sites for hydroxylation is 3. The van der Waals surface area contributed by atoms with Gasteiger partial charge in [0.25, 0.3) is 0 Å². The smallest absolute Gasteiger partial charge is 0.0513 e. The van der Waals surface area contributed by atoms with Crippen LogP contribution in [0.15, 0.2) is 35.1 Å². The van der Waals surface area contributed by atoms with E-state index in [2.05, 4.69) is 57.9 Å². The number of hydrogen-bond acceptors (Lipinski definition) is 2. The van der Waals surface area contributed by atoms with E-state index in [1.807, 2.05) is 12.4 Å². The third-order valence-electron chi connectivity index (χ3n) is 4.22. The molecule has 0 saturated heterocycles. The molecule has 0 fully saturated rings. The Morgan fingerprint density at radius 3 is 2.70 bits per heavy atom. The number of rotatable bonds is 5. The maximum atomic E-state index is 5.68. The van der Waals surface area contributed by atoms with Gasteiger partial charge in [0.15, 0.2) is 0 Å². The quantitative estimate of drug-likeness (QED) is 0.627. The maximum absolute atomic E-state index is 5.68. The standard InChI is InChI=1S/C19H22BrN3/c1-12-7-13(2)18-16(5-3-4-6-21)19(23-17(18)8-12)14-9-15(20)11-22-10-14/h7-11,23H,3-6,21H2,1-2H3. The summed E-state index contributed by atoms with van der Waals surface area (Å²) in [7, 11) is 0. The first kappa shape index (κ1) is 16.2. The van der Waals surface area contributed by atoms with Crippen LogP contribution >= 0.6 is 15.9 Å². The summed E-state index contributed by atoms with van der Waals surface area (Å²) < 4.78 is 0.995. The Morgan fingerprint density at radius 2 is 1.96 bits per heavy atom. The Morgan fingerprint density at radius 1 is 1.13 bits per heavy atom. The zero-order valence-corrected chi connectivity index (χ0v) is 15.2. The Hall–Kier alpha value is -1.65. The number of nitrogens with zero attached hydrogens (tertiary/aromatic N) is 1. The third kappa shape index (κ3) is 3.33. The molecular formula is C19H22BrN3. The Balaban J connectivity index is 2.19. The molecule has 2 heterocycles. The number of aromatic amines is 1. The van der Waals surface area contributed by atoms with Crippen molar-refractivity contribution < 1.29 is 0 Å². The SMILES string of the molecule is Cc1cc(C)c2c(CCCCN)c(-c3cncc(Br)c3)[nH]c2c1. The highest BCUT2D eigenvalue weighted by Gasteiger charge is 2.15. The minimum absolute atomic E-state index is 0.744. The van der Waals surface area contributed by atoms with E-state index in [9.17, 15) is 0 Å². The van der Waals surface area contributed by atoms with E-state index in [4.69, 9.17) is 5.73 Å². The van der Waals surface area contributed by atoms with E-state index >= 15 is 0 Å². The Labute approximate surface area is 145 Å². The van der Waals surface area contributed by atoms with Crippen molar-refractivity contribution in [2.75, 3.05) is 6.54 Å². The van der Waals surface area contributed by atoms with Crippen molar-refractivity contribution >= 4 is 26.8 Å². The van der Waals surface area contributed by atoms with Crippen molar-refractivity contribution in [1.29, 1.82) is 0 Å². The molecule has 3 rings (SSSR count).